The van der Waals surface area contributed by atoms with Crippen LogP contribution in [0.2, 0.25) is 0 Å². The van der Waals surface area contributed by atoms with Gasteiger partial charge in [-0.05, 0) is 25.1 Å². The van der Waals surface area contributed by atoms with E-state index in [1.54, 1.807) is 0 Å². The van der Waals surface area contributed by atoms with Gasteiger partial charge < -0.3 is 19.9 Å². The number of ether oxygens (including phenoxy) is 1. The van der Waals surface area contributed by atoms with Crippen LogP contribution in [-0.4, -0.2) is 61.5 Å². The van der Waals surface area contributed by atoms with Gasteiger partial charge in [0, 0.05) is 49.8 Å². The molecule has 1 aliphatic heterocycles. The zero-order chi connectivity index (χ0) is 21.1. The monoisotopic (exact) mass is 415 g/mol. The summed E-state index contributed by atoms with van der Waals surface area (Å²) in [6.45, 7) is 3.67. The quantitative estimate of drug-likeness (QED) is 0.756. The molecule has 5 nitrogen and oxygen atoms in total. The van der Waals surface area contributed by atoms with Crippen molar-refractivity contribution in [2.75, 3.05) is 39.8 Å². The van der Waals surface area contributed by atoms with E-state index in [0.717, 1.165) is 44.2 Å². The van der Waals surface area contributed by atoms with Gasteiger partial charge in [-0.2, -0.15) is 0 Å². The van der Waals surface area contributed by atoms with Crippen LogP contribution in [0.25, 0.3) is 0 Å². The second-order valence-electron chi connectivity index (χ2n) is 8.09. The Morgan fingerprint density at radius 1 is 1.13 bits per heavy atom. The molecule has 2 aromatic carbocycles. The minimum atomic E-state index is -0.694. The molecule has 4 rings (SSSR count). The van der Waals surface area contributed by atoms with Crippen LogP contribution < -0.4 is 10.1 Å². The van der Waals surface area contributed by atoms with Gasteiger partial charge in [0.05, 0.1) is 6.54 Å². The summed E-state index contributed by atoms with van der Waals surface area (Å²) in [6, 6.07) is 11.7. The van der Waals surface area contributed by atoms with Crippen molar-refractivity contribution in [2.24, 2.45) is 0 Å². The van der Waals surface area contributed by atoms with Crippen LogP contribution in [-0.2, 0) is 11.4 Å². The lowest BCUT2D eigenvalue weighted by Gasteiger charge is -2.32. The molecule has 1 heterocycles. The minimum absolute atomic E-state index is 0.0155. The van der Waals surface area contributed by atoms with Gasteiger partial charge >= 0.3 is 0 Å². The predicted molar refractivity (Wildman–Crippen MR) is 110 cm³/mol. The van der Waals surface area contributed by atoms with Gasteiger partial charge in [0.2, 0.25) is 5.91 Å². The van der Waals surface area contributed by atoms with Crippen molar-refractivity contribution in [3.8, 4) is 5.75 Å². The summed E-state index contributed by atoms with van der Waals surface area (Å²) in [7, 11) is 2.05. The van der Waals surface area contributed by atoms with Gasteiger partial charge in [0.25, 0.3) is 0 Å². The Morgan fingerprint density at radius 2 is 1.87 bits per heavy atom. The Hall–Kier alpha value is -2.51. The minimum Gasteiger partial charge on any atom is -0.486 e. The van der Waals surface area contributed by atoms with Gasteiger partial charge in [-0.25, -0.2) is 8.78 Å². The first-order valence-corrected chi connectivity index (χ1v) is 10.4. The largest absolute Gasteiger partial charge is 0.486 e. The van der Waals surface area contributed by atoms with Crippen molar-refractivity contribution < 1.29 is 18.3 Å². The Kier molecular flexibility index (Phi) is 6.29. The van der Waals surface area contributed by atoms with E-state index in [4.69, 9.17) is 4.74 Å². The molecule has 1 saturated carbocycles. The lowest BCUT2D eigenvalue weighted by Crippen LogP contribution is -2.49. The van der Waals surface area contributed by atoms with Crippen LogP contribution in [0, 0.1) is 11.6 Å². The number of piperazine rings is 1. The summed E-state index contributed by atoms with van der Waals surface area (Å²) < 4.78 is 34.1. The predicted octanol–water partition coefficient (Wildman–Crippen LogP) is 2.76. The Bertz CT molecular complexity index is 886. The summed E-state index contributed by atoms with van der Waals surface area (Å²) in [5.41, 5.74) is 1.43. The van der Waals surface area contributed by atoms with Crippen LogP contribution in [0.4, 0.5) is 8.78 Å². The third-order valence-electron chi connectivity index (χ3n) is 5.82. The molecule has 0 aromatic heterocycles. The highest BCUT2D eigenvalue weighted by Gasteiger charge is 2.41. The van der Waals surface area contributed by atoms with Crippen LogP contribution >= 0.6 is 0 Å². The normalized spacial score (nSPS) is 21.5. The van der Waals surface area contributed by atoms with Crippen molar-refractivity contribution >= 4 is 5.91 Å². The van der Waals surface area contributed by atoms with Crippen LogP contribution in [0.15, 0.2) is 42.5 Å². The SMILES string of the molecule is CN1CCN(C(=O)CN[C@@H]2C[C@H]2c2cc(F)cc(F)c2OCc2ccccc2)CC1. The van der Waals surface area contributed by atoms with E-state index in [1.807, 2.05) is 42.3 Å². The van der Waals surface area contributed by atoms with E-state index in [0.29, 0.717) is 5.56 Å². The van der Waals surface area contributed by atoms with Gasteiger partial charge in [0.1, 0.15) is 12.4 Å². The summed E-state index contributed by atoms with van der Waals surface area (Å²) in [4.78, 5) is 16.5. The second kappa shape index (κ2) is 9.10. The lowest BCUT2D eigenvalue weighted by atomic mass is 10.1. The molecule has 1 amide bonds. The van der Waals surface area contributed by atoms with Gasteiger partial charge in [-0.3, -0.25) is 4.79 Å². The number of hydrogen-bond donors (Lipinski definition) is 1. The van der Waals surface area contributed by atoms with Crippen LogP contribution in [0.5, 0.6) is 5.75 Å². The molecule has 160 valence electrons. The molecule has 0 spiro atoms. The van der Waals surface area contributed by atoms with E-state index in [2.05, 4.69) is 10.2 Å². The Labute approximate surface area is 175 Å². The number of rotatable bonds is 7. The fourth-order valence-electron chi connectivity index (χ4n) is 3.89. The molecule has 30 heavy (non-hydrogen) atoms. The summed E-state index contributed by atoms with van der Waals surface area (Å²) in [6.07, 6.45) is 0.723. The molecule has 1 aliphatic carbocycles. The molecule has 0 bridgehead atoms. The number of carbonyl (C=O) groups excluding carboxylic acids is 1. The highest BCUT2D eigenvalue weighted by molar-refractivity contribution is 5.78. The smallest absolute Gasteiger partial charge is 0.236 e. The standard InChI is InChI=1S/C23H27F2N3O2/c1-27-7-9-28(10-8-27)22(29)14-26-21-13-18(21)19-11-17(24)12-20(25)23(19)30-15-16-5-3-2-4-6-16/h2-6,11-12,18,21,26H,7-10,13-15H2,1H3/t18-,21+/m0/s1. The Morgan fingerprint density at radius 3 is 2.60 bits per heavy atom. The first kappa shape index (κ1) is 20.8. The molecule has 2 aliphatic rings. The molecule has 7 heteroatoms. The first-order chi connectivity index (χ1) is 14.5. The zero-order valence-corrected chi connectivity index (χ0v) is 17.1. The first-order valence-electron chi connectivity index (χ1n) is 10.4. The topological polar surface area (TPSA) is 44.8 Å². The van der Waals surface area contributed by atoms with Crippen molar-refractivity contribution in [1.29, 1.82) is 0 Å². The fraction of sp³-hybridized carbons (Fsp3) is 0.435. The average molecular weight is 415 g/mol. The Balaban J connectivity index is 1.36. The van der Waals surface area contributed by atoms with E-state index in [9.17, 15) is 13.6 Å². The van der Waals surface area contributed by atoms with Crippen LogP contribution in [0.3, 0.4) is 0 Å². The number of halogens is 2. The van der Waals surface area contributed by atoms with Crippen molar-refractivity contribution in [3.63, 3.8) is 0 Å². The number of benzene rings is 2. The molecule has 0 unspecified atom stereocenters. The third-order valence-corrected chi connectivity index (χ3v) is 5.82. The van der Waals surface area contributed by atoms with E-state index >= 15 is 0 Å². The summed E-state index contributed by atoms with van der Waals surface area (Å²) in [5, 5.41) is 3.25. The van der Waals surface area contributed by atoms with E-state index in [-0.39, 0.29) is 36.8 Å². The molecular weight excluding hydrogens is 388 g/mol. The molecule has 2 atom stereocenters. The summed E-state index contributed by atoms with van der Waals surface area (Å²) >= 11 is 0. The highest BCUT2D eigenvalue weighted by Crippen LogP contribution is 2.46. The number of nitrogens with zero attached hydrogens (tertiary/aromatic N) is 2. The summed E-state index contributed by atoms with van der Waals surface area (Å²) in [5.74, 6) is -1.21. The molecular formula is C23H27F2N3O2. The maximum atomic E-state index is 14.5. The maximum absolute atomic E-state index is 14.5. The molecule has 1 N–H and O–H groups in total. The molecule has 1 saturated heterocycles. The van der Waals surface area contributed by atoms with Crippen molar-refractivity contribution in [1.82, 2.24) is 15.1 Å². The number of likely N-dealkylation sites (N-methyl/N-ethyl adjacent to an activating group) is 1. The third kappa shape index (κ3) is 4.96. The van der Waals surface area contributed by atoms with Gasteiger partial charge in [0.15, 0.2) is 11.6 Å². The number of nitrogens with one attached hydrogen (secondary N) is 1. The highest BCUT2D eigenvalue weighted by atomic mass is 19.1. The number of hydrogen-bond acceptors (Lipinski definition) is 4. The number of carbonyl (C=O) groups is 1. The molecule has 2 fully saturated rings. The second-order valence-corrected chi connectivity index (χ2v) is 8.09. The molecule has 0 radical (unpaired) electrons. The van der Waals surface area contributed by atoms with Gasteiger partial charge in [-0.1, -0.05) is 30.3 Å². The van der Waals surface area contributed by atoms with E-state index < -0.39 is 11.6 Å². The molecule has 2 aromatic rings. The average Bonchev–Trinajstić information content (AvgIpc) is 3.52. The lowest BCUT2D eigenvalue weighted by molar-refractivity contribution is -0.131. The fourth-order valence-corrected chi connectivity index (χ4v) is 3.89. The van der Waals surface area contributed by atoms with Crippen molar-refractivity contribution in [3.05, 3.63) is 65.2 Å². The number of amides is 1. The maximum Gasteiger partial charge on any atom is 0.236 e. The van der Waals surface area contributed by atoms with Crippen molar-refractivity contribution in [2.45, 2.75) is 25.0 Å². The zero-order valence-electron chi connectivity index (χ0n) is 17.1. The van der Waals surface area contributed by atoms with E-state index in [1.165, 1.54) is 6.07 Å². The van der Waals surface area contributed by atoms with Crippen LogP contribution in [0.1, 0.15) is 23.5 Å². The van der Waals surface area contributed by atoms with Gasteiger partial charge in [-0.15, -0.1) is 0 Å².